The molecule has 1 amide bonds. The predicted molar refractivity (Wildman–Crippen MR) is 97.1 cm³/mol. The fraction of sp³-hybridized carbons (Fsp3) is 0.579. The van der Waals surface area contributed by atoms with E-state index in [4.69, 9.17) is 4.52 Å². The standard InChI is InChI=1S/C19H25N5O2/c1-12-15(13(2)26-23-12)6-7-18(25)22-14-8-9-24(10-14)19-16-4-3-5-17(16)20-11-21-19/h11,14H,3-10H2,1-2H3,(H,22,25). The number of amides is 1. The first-order chi connectivity index (χ1) is 12.6. The lowest BCUT2D eigenvalue weighted by atomic mass is 10.1. The molecule has 1 N–H and O–H groups in total. The second-order valence-corrected chi connectivity index (χ2v) is 7.28. The summed E-state index contributed by atoms with van der Waals surface area (Å²) in [4.78, 5) is 23.6. The molecule has 4 rings (SSSR count). The first-order valence-corrected chi connectivity index (χ1v) is 9.40. The van der Waals surface area contributed by atoms with Crippen molar-refractivity contribution in [1.29, 1.82) is 0 Å². The molecule has 1 unspecified atom stereocenters. The molecule has 1 aliphatic carbocycles. The molecule has 1 aliphatic heterocycles. The van der Waals surface area contributed by atoms with Crippen LogP contribution < -0.4 is 10.2 Å². The third kappa shape index (κ3) is 3.30. The SMILES string of the molecule is Cc1noc(C)c1CCC(=O)NC1CCN(c2ncnc3c2CCC3)C1. The fourth-order valence-electron chi connectivity index (χ4n) is 4.08. The van der Waals surface area contributed by atoms with Gasteiger partial charge in [0.1, 0.15) is 17.9 Å². The van der Waals surface area contributed by atoms with E-state index in [9.17, 15) is 4.79 Å². The Morgan fingerprint density at radius 1 is 1.35 bits per heavy atom. The topological polar surface area (TPSA) is 84.2 Å². The van der Waals surface area contributed by atoms with Crippen molar-refractivity contribution >= 4 is 11.7 Å². The number of carbonyl (C=O) groups is 1. The smallest absolute Gasteiger partial charge is 0.220 e. The summed E-state index contributed by atoms with van der Waals surface area (Å²) in [6.45, 7) is 5.56. The summed E-state index contributed by atoms with van der Waals surface area (Å²) in [5, 5.41) is 7.12. The Hall–Kier alpha value is -2.44. The van der Waals surface area contributed by atoms with Crippen molar-refractivity contribution < 1.29 is 9.32 Å². The summed E-state index contributed by atoms with van der Waals surface area (Å²) in [7, 11) is 0. The minimum absolute atomic E-state index is 0.0877. The van der Waals surface area contributed by atoms with Gasteiger partial charge in [-0.3, -0.25) is 4.79 Å². The van der Waals surface area contributed by atoms with Crippen LogP contribution in [-0.2, 0) is 24.1 Å². The van der Waals surface area contributed by atoms with Crippen LogP contribution in [0.15, 0.2) is 10.9 Å². The lowest BCUT2D eigenvalue weighted by Crippen LogP contribution is -2.37. The molecule has 26 heavy (non-hydrogen) atoms. The summed E-state index contributed by atoms with van der Waals surface area (Å²) in [5.74, 6) is 1.96. The third-order valence-corrected chi connectivity index (χ3v) is 5.49. The third-order valence-electron chi connectivity index (χ3n) is 5.49. The number of hydrogen-bond acceptors (Lipinski definition) is 6. The molecule has 2 aromatic rings. The van der Waals surface area contributed by atoms with Crippen LogP contribution >= 0.6 is 0 Å². The number of aryl methyl sites for hydroxylation is 3. The maximum atomic E-state index is 12.3. The van der Waals surface area contributed by atoms with Gasteiger partial charge in [-0.25, -0.2) is 9.97 Å². The highest BCUT2D eigenvalue weighted by atomic mass is 16.5. The quantitative estimate of drug-likeness (QED) is 0.882. The maximum Gasteiger partial charge on any atom is 0.220 e. The van der Waals surface area contributed by atoms with E-state index >= 15 is 0 Å². The molecular weight excluding hydrogens is 330 g/mol. The molecule has 7 nitrogen and oxygen atoms in total. The van der Waals surface area contributed by atoms with Gasteiger partial charge in [0.2, 0.25) is 5.91 Å². The molecule has 7 heteroatoms. The van der Waals surface area contributed by atoms with Crippen molar-refractivity contribution in [3.8, 4) is 0 Å². The van der Waals surface area contributed by atoms with Gasteiger partial charge >= 0.3 is 0 Å². The van der Waals surface area contributed by atoms with Crippen LogP contribution in [0.2, 0.25) is 0 Å². The minimum Gasteiger partial charge on any atom is -0.361 e. The normalized spacial score (nSPS) is 19.0. The van der Waals surface area contributed by atoms with Gasteiger partial charge in [0.15, 0.2) is 0 Å². The number of nitrogens with zero attached hydrogens (tertiary/aromatic N) is 4. The second kappa shape index (κ2) is 7.05. The van der Waals surface area contributed by atoms with Crippen LogP contribution in [-0.4, -0.2) is 40.2 Å². The molecule has 0 radical (unpaired) electrons. The Labute approximate surface area is 153 Å². The Morgan fingerprint density at radius 3 is 3.04 bits per heavy atom. The zero-order chi connectivity index (χ0) is 18.1. The highest BCUT2D eigenvalue weighted by Gasteiger charge is 2.28. The van der Waals surface area contributed by atoms with Crippen LogP contribution in [0.1, 0.15) is 47.5 Å². The van der Waals surface area contributed by atoms with Crippen molar-refractivity contribution in [3.05, 3.63) is 34.6 Å². The van der Waals surface area contributed by atoms with Gasteiger partial charge < -0.3 is 14.7 Å². The largest absolute Gasteiger partial charge is 0.361 e. The minimum atomic E-state index is 0.0877. The molecule has 0 saturated carbocycles. The van der Waals surface area contributed by atoms with Crippen molar-refractivity contribution in [2.45, 2.75) is 58.4 Å². The van der Waals surface area contributed by atoms with Gasteiger partial charge in [-0.1, -0.05) is 5.16 Å². The zero-order valence-electron chi connectivity index (χ0n) is 15.4. The summed E-state index contributed by atoms with van der Waals surface area (Å²) in [6.07, 6.45) is 7.05. The van der Waals surface area contributed by atoms with Gasteiger partial charge in [0, 0.05) is 42.4 Å². The summed E-state index contributed by atoms with van der Waals surface area (Å²) in [5.41, 5.74) is 4.42. The molecule has 1 saturated heterocycles. The van der Waals surface area contributed by atoms with Crippen LogP contribution in [0.4, 0.5) is 5.82 Å². The van der Waals surface area contributed by atoms with Gasteiger partial charge in [-0.15, -0.1) is 0 Å². The zero-order valence-corrected chi connectivity index (χ0v) is 15.4. The van der Waals surface area contributed by atoms with E-state index in [-0.39, 0.29) is 11.9 Å². The average Bonchev–Trinajstić information content (AvgIpc) is 3.34. The summed E-state index contributed by atoms with van der Waals surface area (Å²) >= 11 is 0. The number of aromatic nitrogens is 3. The Morgan fingerprint density at radius 2 is 2.23 bits per heavy atom. The molecule has 0 aromatic carbocycles. The summed E-state index contributed by atoms with van der Waals surface area (Å²) in [6, 6.07) is 0.180. The van der Waals surface area contributed by atoms with E-state index in [1.54, 1.807) is 6.33 Å². The van der Waals surface area contributed by atoms with Gasteiger partial charge in [0.25, 0.3) is 0 Å². The first-order valence-electron chi connectivity index (χ1n) is 9.40. The lowest BCUT2D eigenvalue weighted by Gasteiger charge is -2.20. The number of hydrogen-bond donors (Lipinski definition) is 1. The van der Waals surface area contributed by atoms with Crippen LogP contribution in [0, 0.1) is 13.8 Å². The molecule has 2 aliphatic rings. The maximum absolute atomic E-state index is 12.3. The van der Waals surface area contributed by atoms with E-state index in [0.717, 1.165) is 61.6 Å². The Balaban J connectivity index is 1.32. The molecule has 2 aromatic heterocycles. The molecule has 1 fully saturated rings. The summed E-state index contributed by atoms with van der Waals surface area (Å²) < 4.78 is 5.16. The predicted octanol–water partition coefficient (Wildman–Crippen LogP) is 1.90. The van der Waals surface area contributed by atoms with Gasteiger partial charge in [0.05, 0.1) is 5.69 Å². The molecule has 3 heterocycles. The average molecular weight is 355 g/mol. The van der Waals surface area contributed by atoms with Crippen LogP contribution in [0.5, 0.6) is 0 Å². The van der Waals surface area contributed by atoms with Crippen LogP contribution in [0.25, 0.3) is 0 Å². The molecule has 1 atom stereocenters. The van der Waals surface area contributed by atoms with E-state index in [1.807, 2.05) is 13.8 Å². The molecule has 0 spiro atoms. The van der Waals surface area contributed by atoms with Crippen molar-refractivity contribution in [3.63, 3.8) is 0 Å². The van der Waals surface area contributed by atoms with Crippen molar-refractivity contribution in [2.24, 2.45) is 0 Å². The fourth-order valence-corrected chi connectivity index (χ4v) is 4.08. The lowest BCUT2D eigenvalue weighted by molar-refractivity contribution is -0.121. The number of fused-ring (bicyclic) bond motifs is 1. The molecule has 0 bridgehead atoms. The number of rotatable bonds is 5. The van der Waals surface area contributed by atoms with E-state index in [0.29, 0.717) is 12.8 Å². The highest BCUT2D eigenvalue weighted by Crippen LogP contribution is 2.29. The van der Waals surface area contributed by atoms with Gasteiger partial charge in [-0.2, -0.15) is 0 Å². The number of anilines is 1. The van der Waals surface area contributed by atoms with Crippen LogP contribution in [0.3, 0.4) is 0 Å². The monoisotopic (exact) mass is 355 g/mol. The molecular formula is C19H25N5O2. The number of nitrogens with one attached hydrogen (secondary N) is 1. The van der Waals surface area contributed by atoms with E-state index < -0.39 is 0 Å². The first kappa shape index (κ1) is 17.0. The Bertz CT molecular complexity index is 797. The Kier molecular flexibility index (Phi) is 4.61. The highest BCUT2D eigenvalue weighted by molar-refractivity contribution is 5.76. The second-order valence-electron chi connectivity index (χ2n) is 7.28. The van der Waals surface area contributed by atoms with Crippen molar-refractivity contribution in [1.82, 2.24) is 20.4 Å². The van der Waals surface area contributed by atoms with Gasteiger partial charge in [-0.05, 0) is 46.0 Å². The molecule has 138 valence electrons. The van der Waals surface area contributed by atoms with E-state index in [2.05, 4.69) is 25.3 Å². The van der Waals surface area contributed by atoms with Crippen molar-refractivity contribution in [2.75, 3.05) is 18.0 Å². The van der Waals surface area contributed by atoms with E-state index in [1.165, 1.54) is 11.3 Å². The number of carbonyl (C=O) groups excluding carboxylic acids is 1.